The number of amides is 2. The first-order valence-electron chi connectivity index (χ1n) is 12.8. The van der Waals surface area contributed by atoms with Crippen molar-refractivity contribution in [2.45, 2.75) is 78.0 Å². The second-order valence-corrected chi connectivity index (χ2v) is 9.83. The predicted molar refractivity (Wildman–Crippen MR) is 138 cm³/mol. The number of fused-ring (bicyclic) bond motifs is 1. The van der Waals surface area contributed by atoms with E-state index in [9.17, 15) is 9.59 Å². The first-order valence-corrected chi connectivity index (χ1v) is 12.8. The smallest absolute Gasteiger partial charge is 0.414 e. The van der Waals surface area contributed by atoms with Gasteiger partial charge in [0.1, 0.15) is 0 Å². The van der Waals surface area contributed by atoms with Gasteiger partial charge in [-0.05, 0) is 70.6 Å². The van der Waals surface area contributed by atoms with Crippen LogP contribution in [0.4, 0.5) is 16.2 Å². The largest absolute Gasteiger partial charge is 0.446 e. The molecule has 1 aliphatic carbocycles. The Morgan fingerprint density at radius 1 is 1.17 bits per heavy atom. The standard InChI is InChI=1S/C27H38N4O4/c1-18(2)35-27(33)30-17-19(3)31(20(4)32)25-11-10-21(16-26(25)30)23-8-6-5-7-9-24(23)29-28-22-12-14-34-15-13-22/h6,8,10-11,16,18-19,22,28-29H,5,7,9,12-15,17H2,1-4H3/t19-/m0/s1. The summed E-state index contributed by atoms with van der Waals surface area (Å²) < 4.78 is 11.0. The lowest BCUT2D eigenvalue weighted by Gasteiger charge is -2.40. The first kappa shape index (κ1) is 25.3. The summed E-state index contributed by atoms with van der Waals surface area (Å²) in [5, 5.41) is 0. The van der Waals surface area contributed by atoms with E-state index in [-0.39, 0.29) is 18.1 Å². The fourth-order valence-corrected chi connectivity index (χ4v) is 4.98. The SMILES string of the molecule is CC(=O)N1c2ccc(C3=C(NNC4CCOCC4)CCCC=C3)cc2N(C(=O)OC(C)C)C[C@@H]1C. The monoisotopic (exact) mass is 482 g/mol. The Labute approximate surface area is 208 Å². The van der Waals surface area contributed by atoms with Crippen LogP contribution in [-0.2, 0) is 14.3 Å². The van der Waals surface area contributed by atoms with Crippen LogP contribution in [-0.4, -0.2) is 49.9 Å². The van der Waals surface area contributed by atoms with Crippen molar-refractivity contribution < 1.29 is 19.1 Å². The zero-order chi connectivity index (χ0) is 24.9. The molecule has 0 spiro atoms. The number of hydrogen-bond donors (Lipinski definition) is 2. The number of anilines is 2. The highest BCUT2D eigenvalue weighted by Gasteiger charge is 2.35. The van der Waals surface area contributed by atoms with Crippen molar-refractivity contribution in [1.82, 2.24) is 10.9 Å². The Morgan fingerprint density at radius 2 is 1.94 bits per heavy atom. The van der Waals surface area contributed by atoms with Gasteiger partial charge in [0.05, 0.1) is 23.5 Å². The molecule has 0 radical (unpaired) electrons. The average Bonchev–Trinajstić information content (AvgIpc) is 3.07. The quantitative estimate of drug-likeness (QED) is 0.601. The van der Waals surface area contributed by atoms with Gasteiger partial charge in [0, 0.05) is 44.0 Å². The Bertz CT molecular complexity index is 997. The summed E-state index contributed by atoms with van der Waals surface area (Å²) in [5.74, 6) is -0.0417. The number of allylic oxidation sites excluding steroid dienone is 4. The van der Waals surface area contributed by atoms with Gasteiger partial charge in [0.2, 0.25) is 5.91 Å². The van der Waals surface area contributed by atoms with Crippen LogP contribution in [0.1, 0.15) is 65.4 Å². The number of benzene rings is 1. The summed E-state index contributed by atoms with van der Waals surface area (Å²) >= 11 is 0. The molecule has 4 rings (SSSR count). The number of carbonyl (C=O) groups is 2. The number of ether oxygens (including phenoxy) is 2. The van der Waals surface area contributed by atoms with Gasteiger partial charge in [0.25, 0.3) is 0 Å². The lowest BCUT2D eigenvalue weighted by molar-refractivity contribution is -0.117. The lowest BCUT2D eigenvalue weighted by Crippen LogP contribution is -2.51. The minimum atomic E-state index is -0.390. The summed E-state index contributed by atoms with van der Waals surface area (Å²) in [7, 11) is 0. The van der Waals surface area contributed by atoms with Crippen LogP contribution in [0, 0.1) is 0 Å². The molecule has 1 saturated heterocycles. The number of rotatable bonds is 5. The number of carbonyl (C=O) groups excluding carboxylic acids is 2. The van der Waals surface area contributed by atoms with Gasteiger partial charge in [0.15, 0.2) is 0 Å². The molecule has 2 N–H and O–H groups in total. The molecule has 1 aromatic carbocycles. The highest BCUT2D eigenvalue weighted by Crippen LogP contribution is 2.39. The van der Waals surface area contributed by atoms with Gasteiger partial charge in [-0.3, -0.25) is 9.69 Å². The highest BCUT2D eigenvalue weighted by atomic mass is 16.6. The van der Waals surface area contributed by atoms with Crippen LogP contribution in [0.15, 0.2) is 36.0 Å². The van der Waals surface area contributed by atoms with E-state index < -0.39 is 6.09 Å². The maximum Gasteiger partial charge on any atom is 0.414 e. The van der Waals surface area contributed by atoms with E-state index >= 15 is 0 Å². The van der Waals surface area contributed by atoms with Gasteiger partial charge in [-0.15, -0.1) is 0 Å². The summed E-state index contributed by atoms with van der Waals surface area (Å²) in [4.78, 5) is 28.9. The topological polar surface area (TPSA) is 83.1 Å². The van der Waals surface area contributed by atoms with Gasteiger partial charge < -0.3 is 19.8 Å². The van der Waals surface area contributed by atoms with Gasteiger partial charge in [-0.25, -0.2) is 10.2 Å². The fraction of sp³-hybridized carbons (Fsp3) is 0.556. The van der Waals surface area contributed by atoms with E-state index in [1.165, 1.54) is 0 Å². The van der Waals surface area contributed by atoms with Gasteiger partial charge >= 0.3 is 6.09 Å². The Balaban J connectivity index is 1.71. The van der Waals surface area contributed by atoms with Crippen LogP contribution in [0.5, 0.6) is 0 Å². The molecule has 0 bridgehead atoms. The zero-order valence-electron chi connectivity index (χ0n) is 21.3. The van der Waals surface area contributed by atoms with Crippen molar-refractivity contribution >= 4 is 28.9 Å². The highest BCUT2D eigenvalue weighted by molar-refractivity contribution is 6.03. The molecular formula is C27H38N4O4. The van der Waals surface area contributed by atoms with Crippen LogP contribution in [0.25, 0.3) is 5.57 Å². The molecule has 1 atom stereocenters. The molecule has 0 aromatic heterocycles. The summed E-state index contributed by atoms with van der Waals surface area (Å²) in [5.41, 5.74) is 11.7. The lowest BCUT2D eigenvalue weighted by atomic mass is 9.98. The second-order valence-electron chi connectivity index (χ2n) is 9.83. The Hall–Kier alpha value is -2.84. The minimum absolute atomic E-state index is 0.0417. The number of nitrogens with zero attached hydrogens (tertiary/aromatic N) is 2. The zero-order valence-corrected chi connectivity index (χ0v) is 21.3. The molecule has 1 aromatic rings. The van der Waals surface area contributed by atoms with Crippen molar-refractivity contribution in [1.29, 1.82) is 0 Å². The molecule has 8 heteroatoms. The third-order valence-corrected chi connectivity index (χ3v) is 6.68. The van der Waals surface area contributed by atoms with Crippen LogP contribution in [0.2, 0.25) is 0 Å². The van der Waals surface area contributed by atoms with Crippen LogP contribution < -0.4 is 20.7 Å². The number of nitrogens with one attached hydrogen (secondary N) is 2. The summed E-state index contributed by atoms with van der Waals surface area (Å²) in [6, 6.07) is 6.23. The van der Waals surface area contributed by atoms with Crippen molar-refractivity contribution in [3.05, 3.63) is 41.6 Å². The van der Waals surface area contributed by atoms with E-state index in [4.69, 9.17) is 9.47 Å². The van der Waals surface area contributed by atoms with E-state index in [1.54, 1.807) is 16.7 Å². The third-order valence-electron chi connectivity index (χ3n) is 6.68. The summed E-state index contributed by atoms with van der Waals surface area (Å²) in [6.45, 7) is 9.15. The van der Waals surface area contributed by atoms with Gasteiger partial charge in [-0.2, -0.15) is 0 Å². The molecule has 8 nitrogen and oxygen atoms in total. The van der Waals surface area contributed by atoms with Crippen LogP contribution in [0.3, 0.4) is 0 Å². The maximum absolute atomic E-state index is 13.0. The molecule has 0 unspecified atom stereocenters. The average molecular weight is 483 g/mol. The minimum Gasteiger partial charge on any atom is -0.446 e. The Kier molecular flexibility index (Phi) is 8.13. The molecule has 2 aliphatic heterocycles. The molecule has 0 saturated carbocycles. The van der Waals surface area contributed by atoms with Crippen molar-refractivity contribution in [2.24, 2.45) is 0 Å². The van der Waals surface area contributed by atoms with Crippen LogP contribution >= 0.6 is 0 Å². The normalized spacial score (nSPS) is 21.1. The Morgan fingerprint density at radius 3 is 2.66 bits per heavy atom. The molecule has 190 valence electrons. The fourth-order valence-electron chi connectivity index (χ4n) is 4.98. The predicted octanol–water partition coefficient (Wildman–Crippen LogP) is 4.52. The molecule has 35 heavy (non-hydrogen) atoms. The first-order chi connectivity index (χ1) is 16.8. The van der Waals surface area contributed by atoms with Gasteiger partial charge in [-0.1, -0.05) is 18.2 Å². The van der Waals surface area contributed by atoms with E-state index in [0.29, 0.717) is 18.3 Å². The summed E-state index contributed by atoms with van der Waals surface area (Å²) in [6.07, 6.45) is 8.70. The third kappa shape index (κ3) is 5.87. The van der Waals surface area contributed by atoms with E-state index in [0.717, 1.165) is 67.8 Å². The number of hydrazine groups is 1. The van der Waals surface area contributed by atoms with E-state index in [1.807, 2.05) is 39.0 Å². The molecule has 2 amide bonds. The maximum atomic E-state index is 13.0. The van der Waals surface area contributed by atoms with E-state index in [2.05, 4.69) is 23.0 Å². The molecule has 2 heterocycles. The molecular weight excluding hydrogens is 444 g/mol. The number of hydrogen-bond acceptors (Lipinski definition) is 6. The molecule has 3 aliphatic rings. The molecule has 1 fully saturated rings. The van der Waals surface area contributed by atoms with Crippen molar-refractivity contribution in [3.63, 3.8) is 0 Å². The second kappa shape index (κ2) is 11.3. The van der Waals surface area contributed by atoms with Crippen molar-refractivity contribution in [3.8, 4) is 0 Å². The van der Waals surface area contributed by atoms with Crippen molar-refractivity contribution in [2.75, 3.05) is 29.6 Å².